The van der Waals surface area contributed by atoms with Gasteiger partial charge in [0.2, 0.25) is 0 Å². The summed E-state index contributed by atoms with van der Waals surface area (Å²) >= 11 is 0. The number of fused-ring (bicyclic) bond motifs is 1. The molecule has 0 aromatic carbocycles. The van der Waals surface area contributed by atoms with E-state index in [4.69, 9.17) is 4.74 Å². The Labute approximate surface area is 109 Å². The summed E-state index contributed by atoms with van der Waals surface area (Å²) in [5.74, 6) is 0.587. The Balaban J connectivity index is 1.92. The third-order valence-corrected chi connectivity index (χ3v) is 5.86. The van der Waals surface area contributed by atoms with Gasteiger partial charge < -0.3 is 9.84 Å². The lowest BCUT2D eigenvalue weighted by molar-refractivity contribution is -0.163. The highest BCUT2D eigenvalue weighted by atomic mass is 16.6. The molecule has 0 aromatic rings. The molecule has 3 nitrogen and oxygen atoms in total. The summed E-state index contributed by atoms with van der Waals surface area (Å²) in [5, 5.41) is 9.91. The van der Waals surface area contributed by atoms with Crippen molar-refractivity contribution < 1.29 is 14.6 Å². The Morgan fingerprint density at radius 3 is 2.61 bits per heavy atom. The summed E-state index contributed by atoms with van der Waals surface area (Å²) in [5.41, 5.74) is -0.516. The van der Waals surface area contributed by atoms with Crippen LogP contribution in [-0.4, -0.2) is 23.3 Å². The second kappa shape index (κ2) is 4.22. The van der Waals surface area contributed by atoms with Crippen LogP contribution in [0.3, 0.4) is 0 Å². The van der Waals surface area contributed by atoms with Crippen molar-refractivity contribution in [1.82, 2.24) is 0 Å². The average molecular weight is 252 g/mol. The lowest BCUT2D eigenvalue weighted by Crippen LogP contribution is -2.50. The fourth-order valence-electron chi connectivity index (χ4n) is 4.71. The van der Waals surface area contributed by atoms with Crippen LogP contribution in [0.15, 0.2) is 0 Å². The first kappa shape index (κ1) is 12.5. The number of aliphatic carboxylic acids is 1. The predicted molar refractivity (Wildman–Crippen MR) is 68.2 cm³/mol. The molecule has 6 unspecified atom stereocenters. The number of hydrogen-bond acceptors (Lipinski definition) is 2. The topological polar surface area (TPSA) is 49.8 Å². The summed E-state index contributed by atoms with van der Waals surface area (Å²) in [6, 6.07) is 0. The van der Waals surface area contributed by atoms with Crippen LogP contribution in [0.25, 0.3) is 0 Å². The highest BCUT2D eigenvalue weighted by Crippen LogP contribution is 2.57. The van der Waals surface area contributed by atoms with Gasteiger partial charge in [0.1, 0.15) is 0 Å². The van der Waals surface area contributed by atoms with E-state index in [0.29, 0.717) is 17.9 Å². The lowest BCUT2D eigenvalue weighted by Gasteiger charge is -2.47. The van der Waals surface area contributed by atoms with Gasteiger partial charge in [0.25, 0.3) is 0 Å². The highest BCUT2D eigenvalue weighted by molar-refractivity contribution is 5.76. The molecule has 1 saturated heterocycles. The number of carbonyl (C=O) groups is 1. The van der Waals surface area contributed by atoms with E-state index in [0.717, 1.165) is 19.3 Å². The zero-order chi connectivity index (χ0) is 12.9. The number of carboxylic acids is 1. The van der Waals surface area contributed by atoms with E-state index in [9.17, 15) is 9.90 Å². The van der Waals surface area contributed by atoms with Crippen LogP contribution in [0.5, 0.6) is 0 Å². The molecule has 3 aliphatic rings. The molecule has 3 fully saturated rings. The standard InChI is InChI=1S/C15H24O3/c1-9-5-3-4-6-11(9)15(14(16)17)8-13-12(18-13)7-10(15)2/h9-13H,3-8H2,1-2H3,(H,16,17). The molecule has 18 heavy (non-hydrogen) atoms. The number of hydrogen-bond donors (Lipinski definition) is 1. The molecule has 6 atom stereocenters. The molecule has 0 radical (unpaired) electrons. The largest absolute Gasteiger partial charge is 0.481 e. The van der Waals surface area contributed by atoms with Gasteiger partial charge in [-0.05, 0) is 37.0 Å². The summed E-state index contributed by atoms with van der Waals surface area (Å²) < 4.78 is 5.62. The Bertz CT molecular complexity index is 354. The van der Waals surface area contributed by atoms with Gasteiger partial charge >= 0.3 is 5.97 Å². The molecule has 1 N–H and O–H groups in total. The predicted octanol–water partition coefficient (Wildman–Crippen LogP) is 3.08. The van der Waals surface area contributed by atoms with E-state index in [-0.39, 0.29) is 12.0 Å². The van der Waals surface area contributed by atoms with Crippen molar-refractivity contribution in [1.29, 1.82) is 0 Å². The van der Waals surface area contributed by atoms with Crippen LogP contribution in [0, 0.1) is 23.2 Å². The Morgan fingerprint density at radius 1 is 1.22 bits per heavy atom. The third-order valence-electron chi connectivity index (χ3n) is 5.86. The first-order valence-electron chi connectivity index (χ1n) is 7.44. The smallest absolute Gasteiger partial charge is 0.310 e. The van der Waals surface area contributed by atoms with Crippen LogP contribution in [0.2, 0.25) is 0 Å². The molecular formula is C15H24O3. The van der Waals surface area contributed by atoms with E-state index in [1.807, 2.05) is 0 Å². The Kier molecular flexibility index (Phi) is 2.92. The molecule has 1 heterocycles. The number of rotatable bonds is 2. The third kappa shape index (κ3) is 1.70. The van der Waals surface area contributed by atoms with Gasteiger partial charge in [-0.15, -0.1) is 0 Å². The molecule has 102 valence electrons. The summed E-state index contributed by atoms with van der Waals surface area (Å²) in [7, 11) is 0. The van der Waals surface area contributed by atoms with Crippen molar-refractivity contribution in [2.24, 2.45) is 23.2 Å². The zero-order valence-corrected chi connectivity index (χ0v) is 11.4. The van der Waals surface area contributed by atoms with E-state index < -0.39 is 11.4 Å². The fourth-order valence-corrected chi connectivity index (χ4v) is 4.71. The summed E-state index contributed by atoms with van der Waals surface area (Å²) in [6.07, 6.45) is 7.06. The molecule has 2 saturated carbocycles. The summed E-state index contributed by atoms with van der Waals surface area (Å²) in [6.45, 7) is 4.38. The van der Waals surface area contributed by atoms with E-state index >= 15 is 0 Å². The number of epoxide rings is 1. The SMILES string of the molecule is CC1CCCCC1C1(C(=O)O)CC2OC2CC1C. The monoisotopic (exact) mass is 252 g/mol. The quantitative estimate of drug-likeness (QED) is 0.768. The van der Waals surface area contributed by atoms with Crippen LogP contribution in [-0.2, 0) is 9.53 Å². The van der Waals surface area contributed by atoms with Crippen molar-refractivity contribution in [3.63, 3.8) is 0 Å². The van der Waals surface area contributed by atoms with Crippen LogP contribution >= 0.6 is 0 Å². The second-order valence-corrected chi connectivity index (χ2v) is 6.77. The van der Waals surface area contributed by atoms with Crippen LogP contribution in [0.1, 0.15) is 52.4 Å². The van der Waals surface area contributed by atoms with Crippen LogP contribution < -0.4 is 0 Å². The minimum absolute atomic E-state index is 0.242. The lowest BCUT2D eigenvalue weighted by atomic mass is 9.54. The van der Waals surface area contributed by atoms with Gasteiger partial charge in [-0.2, -0.15) is 0 Å². The maximum absolute atomic E-state index is 12.0. The van der Waals surface area contributed by atoms with Gasteiger partial charge in [-0.1, -0.05) is 33.1 Å². The van der Waals surface area contributed by atoms with E-state index in [1.54, 1.807) is 0 Å². The first-order chi connectivity index (χ1) is 8.55. The molecule has 2 aliphatic carbocycles. The van der Waals surface area contributed by atoms with Crippen molar-refractivity contribution in [2.75, 3.05) is 0 Å². The van der Waals surface area contributed by atoms with Crippen molar-refractivity contribution in [2.45, 2.75) is 64.6 Å². The van der Waals surface area contributed by atoms with Gasteiger partial charge in [0.05, 0.1) is 17.6 Å². The second-order valence-electron chi connectivity index (χ2n) is 6.77. The molecule has 3 rings (SSSR count). The fraction of sp³-hybridized carbons (Fsp3) is 0.933. The average Bonchev–Trinajstić information content (AvgIpc) is 3.06. The highest BCUT2D eigenvalue weighted by Gasteiger charge is 2.61. The maximum atomic E-state index is 12.0. The molecule has 1 aliphatic heterocycles. The van der Waals surface area contributed by atoms with Crippen molar-refractivity contribution in [3.05, 3.63) is 0 Å². The normalized spacial score (nSPS) is 51.6. The first-order valence-corrected chi connectivity index (χ1v) is 7.44. The molecule has 3 heteroatoms. The van der Waals surface area contributed by atoms with E-state index in [1.165, 1.54) is 19.3 Å². The van der Waals surface area contributed by atoms with Gasteiger partial charge in [0, 0.05) is 0 Å². The molecular weight excluding hydrogens is 228 g/mol. The van der Waals surface area contributed by atoms with E-state index in [2.05, 4.69) is 13.8 Å². The Morgan fingerprint density at radius 2 is 1.94 bits per heavy atom. The van der Waals surface area contributed by atoms with Crippen LogP contribution in [0.4, 0.5) is 0 Å². The van der Waals surface area contributed by atoms with Gasteiger partial charge in [-0.3, -0.25) is 4.79 Å². The number of ether oxygens (including phenoxy) is 1. The minimum Gasteiger partial charge on any atom is -0.481 e. The molecule has 0 spiro atoms. The summed E-state index contributed by atoms with van der Waals surface area (Å²) in [4.78, 5) is 12.0. The van der Waals surface area contributed by atoms with Gasteiger partial charge in [-0.25, -0.2) is 0 Å². The zero-order valence-electron chi connectivity index (χ0n) is 11.4. The van der Waals surface area contributed by atoms with Gasteiger partial charge in [0.15, 0.2) is 0 Å². The van der Waals surface area contributed by atoms with Crippen molar-refractivity contribution >= 4 is 5.97 Å². The number of carboxylic acid groups (broad SMARTS) is 1. The van der Waals surface area contributed by atoms with Crippen molar-refractivity contribution in [3.8, 4) is 0 Å². The maximum Gasteiger partial charge on any atom is 0.310 e. The molecule has 0 aromatic heterocycles. The Hall–Kier alpha value is -0.570. The minimum atomic E-state index is -0.567. The molecule has 0 amide bonds. The molecule has 0 bridgehead atoms.